The highest BCUT2D eigenvalue weighted by atomic mass is 79.9. The fourth-order valence-corrected chi connectivity index (χ4v) is 3.05. The first-order valence-electron chi connectivity index (χ1n) is 7.64. The van der Waals surface area contributed by atoms with Crippen LogP contribution < -0.4 is 10.1 Å². The van der Waals surface area contributed by atoms with E-state index in [0.717, 1.165) is 26.9 Å². The van der Waals surface area contributed by atoms with E-state index in [0.29, 0.717) is 5.75 Å². The van der Waals surface area contributed by atoms with Gasteiger partial charge in [-0.25, -0.2) is 4.79 Å². The first-order chi connectivity index (χ1) is 11.7. The number of hydrogen-bond donors (Lipinski definition) is 1. The first-order valence-corrected chi connectivity index (χ1v) is 8.43. The van der Waals surface area contributed by atoms with Crippen molar-refractivity contribution in [2.75, 3.05) is 5.32 Å². The summed E-state index contributed by atoms with van der Waals surface area (Å²) in [5.41, 5.74) is 3.96. The molecule has 0 aliphatic carbocycles. The van der Waals surface area contributed by atoms with Gasteiger partial charge in [0.25, 0.3) is 0 Å². The van der Waals surface area contributed by atoms with Crippen molar-refractivity contribution in [2.24, 2.45) is 0 Å². The molecule has 0 unspecified atom stereocenters. The molecule has 1 aliphatic rings. The summed E-state index contributed by atoms with van der Waals surface area (Å²) in [7, 11) is 0. The van der Waals surface area contributed by atoms with Gasteiger partial charge in [0.1, 0.15) is 0 Å². The number of carbonyl (C=O) groups excluding carboxylic acids is 1. The maximum atomic E-state index is 12.3. The number of rotatable bonds is 2. The molecule has 0 saturated heterocycles. The van der Waals surface area contributed by atoms with E-state index < -0.39 is 6.04 Å². The van der Waals surface area contributed by atoms with E-state index in [1.807, 2.05) is 54.6 Å². The highest BCUT2D eigenvalue weighted by Crippen LogP contribution is 2.34. The minimum Gasteiger partial charge on any atom is -0.423 e. The van der Waals surface area contributed by atoms with Crippen LogP contribution in [0.5, 0.6) is 5.75 Å². The lowest BCUT2D eigenvalue weighted by molar-refractivity contribution is -0.136. The molecule has 118 valence electrons. The maximum Gasteiger partial charge on any atom is 0.338 e. The van der Waals surface area contributed by atoms with Crippen molar-refractivity contribution in [3.05, 3.63) is 82.8 Å². The topological polar surface area (TPSA) is 38.3 Å². The molecule has 4 rings (SSSR count). The molecule has 1 aliphatic heterocycles. The molecule has 0 bridgehead atoms. The van der Waals surface area contributed by atoms with Crippen molar-refractivity contribution in [1.82, 2.24) is 0 Å². The molecule has 1 N–H and O–H groups in total. The number of hydrogen-bond acceptors (Lipinski definition) is 3. The van der Waals surface area contributed by atoms with Crippen molar-refractivity contribution in [1.29, 1.82) is 0 Å². The van der Waals surface area contributed by atoms with Gasteiger partial charge in [0.15, 0.2) is 11.8 Å². The maximum absolute atomic E-state index is 12.3. The number of nitrogens with one attached hydrogen (secondary N) is 1. The van der Waals surface area contributed by atoms with Crippen molar-refractivity contribution in [3.8, 4) is 16.9 Å². The van der Waals surface area contributed by atoms with E-state index in [2.05, 4.69) is 33.4 Å². The van der Waals surface area contributed by atoms with Crippen molar-refractivity contribution in [2.45, 2.75) is 6.04 Å². The van der Waals surface area contributed by atoms with Gasteiger partial charge >= 0.3 is 5.97 Å². The first kappa shape index (κ1) is 15.0. The number of halogens is 1. The second-order valence-corrected chi connectivity index (χ2v) is 6.54. The van der Waals surface area contributed by atoms with Crippen LogP contribution in [-0.2, 0) is 4.79 Å². The third-order valence-corrected chi connectivity index (χ3v) is 4.58. The van der Waals surface area contributed by atoms with Gasteiger partial charge in [-0.05, 0) is 41.0 Å². The number of para-hydroxylation sites is 2. The van der Waals surface area contributed by atoms with Gasteiger partial charge in [-0.1, -0.05) is 64.5 Å². The van der Waals surface area contributed by atoms with E-state index in [4.69, 9.17) is 4.74 Å². The van der Waals surface area contributed by atoms with Crippen LogP contribution in [0, 0.1) is 0 Å². The number of ether oxygens (including phenoxy) is 1. The molecule has 1 atom stereocenters. The molecule has 0 radical (unpaired) electrons. The minimum atomic E-state index is -0.487. The van der Waals surface area contributed by atoms with E-state index in [1.54, 1.807) is 6.07 Å². The molecule has 0 aromatic heterocycles. The summed E-state index contributed by atoms with van der Waals surface area (Å²) in [5, 5.41) is 3.25. The zero-order chi connectivity index (χ0) is 16.5. The van der Waals surface area contributed by atoms with Crippen LogP contribution in [0.1, 0.15) is 11.6 Å². The summed E-state index contributed by atoms with van der Waals surface area (Å²) < 4.78 is 6.47. The molecule has 0 spiro atoms. The number of anilines is 1. The molecule has 3 aromatic carbocycles. The summed E-state index contributed by atoms with van der Waals surface area (Å²) in [6.07, 6.45) is 0. The van der Waals surface area contributed by atoms with Gasteiger partial charge in [0.05, 0.1) is 5.69 Å². The predicted octanol–water partition coefficient (Wildman–Crippen LogP) is 5.19. The lowest BCUT2D eigenvalue weighted by atomic mass is 10.00. The van der Waals surface area contributed by atoms with Gasteiger partial charge in [0, 0.05) is 4.47 Å². The van der Waals surface area contributed by atoms with Gasteiger partial charge in [-0.3, -0.25) is 0 Å². The van der Waals surface area contributed by atoms with Crippen LogP contribution in [-0.4, -0.2) is 5.97 Å². The molecule has 3 nitrogen and oxygen atoms in total. The molecular weight excluding hydrogens is 366 g/mol. The molecule has 0 amide bonds. The Labute approximate surface area is 148 Å². The van der Waals surface area contributed by atoms with Crippen LogP contribution in [0.25, 0.3) is 11.1 Å². The quantitative estimate of drug-likeness (QED) is 0.491. The summed E-state index contributed by atoms with van der Waals surface area (Å²) in [5.74, 6) is 0.287. The standard InChI is InChI=1S/C20H14BrNO2/c21-16-11-9-14(10-12-16)13-5-7-15(8-6-13)19-20(23)24-18-4-2-1-3-17(18)22-19/h1-12,19,22H/t19-/m1/s1. The van der Waals surface area contributed by atoms with Gasteiger partial charge in [0.2, 0.25) is 0 Å². The Morgan fingerprint density at radius 3 is 2.17 bits per heavy atom. The predicted molar refractivity (Wildman–Crippen MR) is 98.0 cm³/mol. The Balaban J connectivity index is 1.61. The average Bonchev–Trinajstić information content (AvgIpc) is 2.62. The molecule has 4 heteroatoms. The van der Waals surface area contributed by atoms with E-state index in [-0.39, 0.29) is 5.97 Å². The van der Waals surface area contributed by atoms with Crippen molar-refractivity contribution >= 4 is 27.6 Å². The fraction of sp³-hybridized carbons (Fsp3) is 0.0500. The summed E-state index contributed by atoms with van der Waals surface area (Å²) in [6.45, 7) is 0. The molecule has 1 heterocycles. The van der Waals surface area contributed by atoms with Gasteiger partial charge < -0.3 is 10.1 Å². The average molecular weight is 380 g/mol. The lowest BCUT2D eigenvalue weighted by Gasteiger charge is -2.25. The Morgan fingerprint density at radius 1 is 0.833 bits per heavy atom. The Bertz CT molecular complexity index is 888. The van der Waals surface area contributed by atoms with Crippen LogP contribution >= 0.6 is 15.9 Å². The normalized spacial score (nSPS) is 16.0. The van der Waals surface area contributed by atoms with Crippen LogP contribution in [0.2, 0.25) is 0 Å². The minimum absolute atomic E-state index is 0.287. The molecule has 0 fully saturated rings. The van der Waals surface area contributed by atoms with Gasteiger partial charge in [-0.2, -0.15) is 0 Å². The fourth-order valence-electron chi connectivity index (χ4n) is 2.79. The largest absolute Gasteiger partial charge is 0.423 e. The van der Waals surface area contributed by atoms with Crippen molar-refractivity contribution < 1.29 is 9.53 Å². The highest BCUT2D eigenvalue weighted by Gasteiger charge is 2.28. The third kappa shape index (κ3) is 2.81. The third-order valence-electron chi connectivity index (χ3n) is 4.05. The molecule has 3 aromatic rings. The summed E-state index contributed by atoms with van der Waals surface area (Å²) >= 11 is 3.44. The molecule has 0 saturated carbocycles. The van der Waals surface area contributed by atoms with E-state index in [9.17, 15) is 4.79 Å². The number of carbonyl (C=O) groups is 1. The second-order valence-electron chi connectivity index (χ2n) is 5.62. The second kappa shape index (κ2) is 6.13. The van der Waals surface area contributed by atoms with Gasteiger partial charge in [-0.15, -0.1) is 0 Å². The Morgan fingerprint density at radius 2 is 1.46 bits per heavy atom. The van der Waals surface area contributed by atoms with Crippen LogP contribution in [0.4, 0.5) is 5.69 Å². The molecule has 24 heavy (non-hydrogen) atoms. The lowest BCUT2D eigenvalue weighted by Crippen LogP contribution is -2.29. The number of benzene rings is 3. The SMILES string of the molecule is O=C1Oc2ccccc2N[C@@H]1c1ccc(-c2ccc(Br)cc2)cc1. The van der Waals surface area contributed by atoms with Crippen LogP contribution in [0.3, 0.4) is 0 Å². The summed E-state index contributed by atoms with van der Waals surface area (Å²) in [4.78, 5) is 12.3. The Kier molecular flexibility index (Phi) is 3.82. The van der Waals surface area contributed by atoms with Crippen LogP contribution in [0.15, 0.2) is 77.3 Å². The van der Waals surface area contributed by atoms with Crippen molar-refractivity contribution in [3.63, 3.8) is 0 Å². The van der Waals surface area contributed by atoms with E-state index >= 15 is 0 Å². The number of fused-ring (bicyclic) bond motifs is 1. The molecular formula is C20H14BrNO2. The number of esters is 1. The summed E-state index contributed by atoms with van der Waals surface area (Å²) in [6, 6.07) is 23.1. The highest BCUT2D eigenvalue weighted by molar-refractivity contribution is 9.10. The smallest absolute Gasteiger partial charge is 0.338 e. The Hall–Kier alpha value is -2.59. The monoisotopic (exact) mass is 379 g/mol. The van der Waals surface area contributed by atoms with E-state index in [1.165, 1.54) is 0 Å². The zero-order valence-corrected chi connectivity index (χ0v) is 14.3. The zero-order valence-electron chi connectivity index (χ0n) is 12.7.